The van der Waals surface area contributed by atoms with Gasteiger partial charge >= 0.3 is 0 Å². The monoisotopic (exact) mass is 329 g/mol. The predicted molar refractivity (Wildman–Crippen MR) is 101 cm³/mol. The van der Waals surface area contributed by atoms with E-state index in [0.29, 0.717) is 17.9 Å². The van der Waals surface area contributed by atoms with E-state index < -0.39 is 0 Å². The molecular formula is C18H23N3OS. The number of benzene rings is 2. The van der Waals surface area contributed by atoms with Crippen LogP contribution in [0.2, 0.25) is 0 Å². The van der Waals surface area contributed by atoms with Crippen molar-refractivity contribution in [2.45, 2.75) is 19.9 Å². The van der Waals surface area contributed by atoms with Gasteiger partial charge in [-0.15, -0.1) is 0 Å². The van der Waals surface area contributed by atoms with Gasteiger partial charge in [-0.3, -0.25) is 4.79 Å². The molecule has 1 atom stereocenters. The average molecular weight is 329 g/mol. The minimum Gasteiger partial charge on any atom is -0.383 e. The van der Waals surface area contributed by atoms with Crippen molar-refractivity contribution in [2.24, 2.45) is 5.73 Å². The van der Waals surface area contributed by atoms with Crippen LogP contribution in [0.1, 0.15) is 21.5 Å². The van der Waals surface area contributed by atoms with E-state index in [1.54, 1.807) is 6.07 Å². The van der Waals surface area contributed by atoms with E-state index in [9.17, 15) is 4.79 Å². The maximum atomic E-state index is 12.4. The highest BCUT2D eigenvalue weighted by atomic mass is 32.1. The molecule has 2 aromatic rings. The molecule has 0 saturated heterocycles. The molecule has 2 aromatic carbocycles. The summed E-state index contributed by atoms with van der Waals surface area (Å²) in [5, 5.41) is 6.19. The molecule has 4 N–H and O–H groups in total. The van der Waals surface area contributed by atoms with Gasteiger partial charge in [0, 0.05) is 35.3 Å². The van der Waals surface area contributed by atoms with Crippen LogP contribution in [0.4, 0.5) is 11.4 Å². The van der Waals surface area contributed by atoms with Crippen LogP contribution < -0.4 is 16.4 Å². The zero-order valence-corrected chi connectivity index (χ0v) is 14.4. The molecule has 0 heterocycles. The molecule has 122 valence electrons. The van der Waals surface area contributed by atoms with Crippen LogP contribution in [-0.4, -0.2) is 24.2 Å². The highest BCUT2D eigenvalue weighted by Crippen LogP contribution is 2.19. The highest BCUT2D eigenvalue weighted by molar-refractivity contribution is 7.80. The molecule has 4 nitrogen and oxygen atoms in total. The Morgan fingerprint density at radius 3 is 2.70 bits per heavy atom. The molecular weight excluding hydrogens is 306 g/mol. The van der Waals surface area contributed by atoms with Crippen LogP contribution in [0.3, 0.4) is 0 Å². The van der Waals surface area contributed by atoms with E-state index in [1.807, 2.05) is 50.2 Å². The standard InChI is InChI=1S/C18H23N3OS/c1-12-5-3-8-17(13(12)2)21-18(22)14-6-4-7-16(9-14)20-10-15(19)11-23/h3-9,15,20,23H,10-11,19H2,1-2H3,(H,21,22). The van der Waals surface area contributed by atoms with Crippen LogP contribution >= 0.6 is 12.6 Å². The molecule has 0 aliphatic carbocycles. The second-order valence-electron chi connectivity index (χ2n) is 5.61. The van der Waals surface area contributed by atoms with Crippen molar-refractivity contribution in [3.8, 4) is 0 Å². The van der Waals surface area contributed by atoms with Crippen LogP contribution in [0, 0.1) is 13.8 Å². The highest BCUT2D eigenvalue weighted by Gasteiger charge is 2.09. The Morgan fingerprint density at radius 2 is 1.96 bits per heavy atom. The lowest BCUT2D eigenvalue weighted by Crippen LogP contribution is -2.30. The second kappa shape index (κ2) is 8.04. The zero-order valence-electron chi connectivity index (χ0n) is 13.5. The van der Waals surface area contributed by atoms with Gasteiger partial charge in [-0.25, -0.2) is 0 Å². The first-order chi connectivity index (χ1) is 11.0. The van der Waals surface area contributed by atoms with Gasteiger partial charge in [-0.1, -0.05) is 18.2 Å². The molecule has 0 saturated carbocycles. The van der Waals surface area contributed by atoms with Crippen LogP contribution in [0.15, 0.2) is 42.5 Å². The summed E-state index contributed by atoms with van der Waals surface area (Å²) < 4.78 is 0. The van der Waals surface area contributed by atoms with Crippen molar-refractivity contribution in [3.05, 3.63) is 59.2 Å². The maximum Gasteiger partial charge on any atom is 0.255 e. The third-order valence-corrected chi connectivity index (χ3v) is 4.25. The fourth-order valence-corrected chi connectivity index (χ4v) is 2.29. The number of rotatable bonds is 6. The second-order valence-corrected chi connectivity index (χ2v) is 5.97. The SMILES string of the molecule is Cc1cccc(NC(=O)c2cccc(NCC(N)CS)c2)c1C. The van der Waals surface area contributed by atoms with E-state index in [0.717, 1.165) is 22.5 Å². The van der Waals surface area contributed by atoms with Crippen LogP contribution in [0.5, 0.6) is 0 Å². The largest absolute Gasteiger partial charge is 0.383 e. The molecule has 0 bridgehead atoms. The summed E-state index contributed by atoms with van der Waals surface area (Å²) in [5.41, 5.74) is 10.4. The molecule has 0 aliphatic rings. The molecule has 1 amide bonds. The first-order valence-electron chi connectivity index (χ1n) is 7.59. The summed E-state index contributed by atoms with van der Waals surface area (Å²) in [6.45, 7) is 4.65. The average Bonchev–Trinajstić information content (AvgIpc) is 2.57. The topological polar surface area (TPSA) is 67.2 Å². The van der Waals surface area contributed by atoms with Crippen LogP contribution in [0.25, 0.3) is 0 Å². The minimum atomic E-state index is -0.124. The number of carbonyl (C=O) groups is 1. The van der Waals surface area contributed by atoms with E-state index in [2.05, 4.69) is 23.3 Å². The number of hydrogen-bond donors (Lipinski definition) is 4. The minimum absolute atomic E-state index is 0.0224. The molecule has 23 heavy (non-hydrogen) atoms. The normalized spacial score (nSPS) is 11.8. The van der Waals surface area contributed by atoms with Gasteiger partial charge in [0.25, 0.3) is 5.91 Å². The quantitative estimate of drug-likeness (QED) is 0.615. The number of anilines is 2. The Balaban J connectivity index is 2.09. The Labute approximate surface area is 142 Å². The van der Waals surface area contributed by atoms with Crippen LogP contribution in [-0.2, 0) is 0 Å². The molecule has 2 rings (SSSR count). The van der Waals surface area contributed by atoms with E-state index >= 15 is 0 Å². The summed E-state index contributed by atoms with van der Waals surface area (Å²) >= 11 is 4.16. The lowest BCUT2D eigenvalue weighted by molar-refractivity contribution is 0.102. The fraction of sp³-hybridized carbons (Fsp3) is 0.278. The smallest absolute Gasteiger partial charge is 0.255 e. The molecule has 0 spiro atoms. The Bertz CT molecular complexity index is 688. The molecule has 5 heteroatoms. The summed E-state index contributed by atoms with van der Waals surface area (Å²) in [6, 6.07) is 13.2. The number of amides is 1. The number of hydrogen-bond acceptors (Lipinski definition) is 4. The molecule has 0 fully saturated rings. The molecule has 1 unspecified atom stereocenters. The maximum absolute atomic E-state index is 12.4. The predicted octanol–water partition coefficient (Wildman–Crippen LogP) is 3.22. The first-order valence-corrected chi connectivity index (χ1v) is 8.22. The summed E-state index contributed by atoms with van der Waals surface area (Å²) in [6.07, 6.45) is 0. The lowest BCUT2D eigenvalue weighted by Gasteiger charge is -2.13. The number of nitrogens with two attached hydrogens (primary N) is 1. The molecule has 0 radical (unpaired) electrons. The number of aryl methyl sites for hydroxylation is 1. The molecule has 0 aliphatic heterocycles. The van der Waals surface area contributed by atoms with Gasteiger partial charge in [0.05, 0.1) is 0 Å². The van der Waals surface area contributed by atoms with E-state index in [1.165, 1.54) is 0 Å². The van der Waals surface area contributed by atoms with Gasteiger partial charge in [0.15, 0.2) is 0 Å². The first kappa shape index (κ1) is 17.4. The Morgan fingerprint density at radius 1 is 1.22 bits per heavy atom. The van der Waals surface area contributed by atoms with Gasteiger partial charge in [0.2, 0.25) is 0 Å². The number of nitrogens with one attached hydrogen (secondary N) is 2. The van der Waals surface area contributed by atoms with Crippen molar-refractivity contribution in [3.63, 3.8) is 0 Å². The number of thiol groups is 1. The van der Waals surface area contributed by atoms with E-state index in [-0.39, 0.29) is 11.9 Å². The van der Waals surface area contributed by atoms with Crippen molar-refractivity contribution in [1.82, 2.24) is 0 Å². The summed E-state index contributed by atoms with van der Waals surface area (Å²) in [7, 11) is 0. The summed E-state index contributed by atoms with van der Waals surface area (Å²) in [4.78, 5) is 12.4. The Kier molecular flexibility index (Phi) is 6.07. The number of carbonyl (C=O) groups excluding carboxylic acids is 1. The van der Waals surface area contributed by atoms with Gasteiger partial charge in [0.1, 0.15) is 0 Å². The lowest BCUT2D eigenvalue weighted by atomic mass is 10.1. The third kappa shape index (κ3) is 4.74. The fourth-order valence-electron chi connectivity index (χ4n) is 2.16. The van der Waals surface area contributed by atoms with Gasteiger partial charge in [-0.2, -0.15) is 12.6 Å². The van der Waals surface area contributed by atoms with Gasteiger partial charge in [-0.05, 0) is 49.2 Å². The molecule has 0 aromatic heterocycles. The van der Waals surface area contributed by atoms with Crippen molar-refractivity contribution in [2.75, 3.05) is 22.9 Å². The summed E-state index contributed by atoms with van der Waals surface area (Å²) in [5.74, 6) is 0.487. The zero-order chi connectivity index (χ0) is 16.8. The van der Waals surface area contributed by atoms with Crippen molar-refractivity contribution in [1.29, 1.82) is 0 Å². The third-order valence-electron chi connectivity index (χ3n) is 3.78. The van der Waals surface area contributed by atoms with E-state index in [4.69, 9.17) is 5.73 Å². The van der Waals surface area contributed by atoms with Crippen molar-refractivity contribution < 1.29 is 4.79 Å². The van der Waals surface area contributed by atoms with Gasteiger partial charge < -0.3 is 16.4 Å². The Hall–Kier alpha value is -1.98. The van der Waals surface area contributed by atoms with Crippen molar-refractivity contribution >= 4 is 29.9 Å².